The molecule has 0 fully saturated rings. The molecule has 0 unspecified atom stereocenters. The van der Waals surface area contributed by atoms with Crippen LogP contribution in [0.3, 0.4) is 0 Å². The molecule has 0 bridgehead atoms. The fraction of sp³-hybridized carbons (Fsp3) is 0.923. The molecule has 0 rings (SSSR count). The lowest BCUT2D eigenvalue weighted by Gasteiger charge is -2.10. The minimum absolute atomic E-state index is 0.110. The van der Waals surface area contributed by atoms with Crippen LogP contribution >= 0.6 is 0 Å². The van der Waals surface area contributed by atoms with Crippen LogP contribution in [0.15, 0.2) is 0 Å². The number of esters is 1. The predicted octanol–water partition coefficient (Wildman–Crippen LogP) is 1.88. The van der Waals surface area contributed by atoms with Gasteiger partial charge >= 0.3 is 5.97 Å². The molecule has 0 aromatic heterocycles. The van der Waals surface area contributed by atoms with E-state index >= 15 is 0 Å². The second-order valence-corrected chi connectivity index (χ2v) is 4.66. The number of aliphatic hydroxyl groups excluding tert-OH is 2. The van der Waals surface area contributed by atoms with Crippen molar-refractivity contribution in [1.29, 1.82) is 0 Å². The van der Waals surface area contributed by atoms with E-state index in [1.165, 1.54) is 12.8 Å². The molecule has 17 heavy (non-hydrogen) atoms. The zero-order valence-electron chi connectivity index (χ0n) is 11.0. The summed E-state index contributed by atoms with van der Waals surface area (Å²) in [5, 5.41) is 17.5. The molecule has 0 amide bonds. The van der Waals surface area contributed by atoms with Gasteiger partial charge in [0.25, 0.3) is 0 Å². The number of unbranched alkanes of at least 4 members (excludes halogenated alkanes) is 1. The maximum absolute atomic E-state index is 11.2. The van der Waals surface area contributed by atoms with E-state index in [9.17, 15) is 4.79 Å². The zero-order valence-corrected chi connectivity index (χ0v) is 11.0. The summed E-state index contributed by atoms with van der Waals surface area (Å²) < 4.78 is 4.80. The lowest BCUT2D eigenvalue weighted by Crippen LogP contribution is -2.21. The SMILES string of the molecule is CCC[C@@H](C)CCCCC(=O)OC[C@H](O)CO. The molecular weight excluding hydrogens is 220 g/mol. The quantitative estimate of drug-likeness (QED) is 0.456. The van der Waals surface area contributed by atoms with Gasteiger partial charge in [0.05, 0.1) is 6.61 Å². The first-order valence-corrected chi connectivity index (χ1v) is 6.54. The van der Waals surface area contributed by atoms with Crippen LogP contribution in [-0.4, -0.2) is 35.5 Å². The molecule has 2 N–H and O–H groups in total. The van der Waals surface area contributed by atoms with Gasteiger partial charge in [0.2, 0.25) is 0 Å². The van der Waals surface area contributed by atoms with Crippen LogP contribution in [0.5, 0.6) is 0 Å². The molecule has 102 valence electrons. The summed E-state index contributed by atoms with van der Waals surface area (Å²) in [7, 11) is 0. The number of carbonyl (C=O) groups excluding carboxylic acids is 1. The van der Waals surface area contributed by atoms with Crippen LogP contribution in [0, 0.1) is 5.92 Å². The summed E-state index contributed by atoms with van der Waals surface area (Å²) in [6, 6.07) is 0. The first kappa shape index (κ1) is 16.4. The van der Waals surface area contributed by atoms with Gasteiger partial charge in [0, 0.05) is 6.42 Å². The monoisotopic (exact) mass is 246 g/mol. The highest BCUT2D eigenvalue weighted by Crippen LogP contribution is 2.14. The minimum Gasteiger partial charge on any atom is -0.463 e. The second kappa shape index (κ2) is 10.5. The number of aliphatic hydroxyl groups is 2. The van der Waals surface area contributed by atoms with Crippen molar-refractivity contribution >= 4 is 5.97 Å². The van der Waals surface area contributed by atoms with Gasteiger partial charge in [-0.3, -0.25) is 4.79 Å². The molecule has 4 nitrogen and oxygen atoms in total. The van der Waals surface area contributed by atoms with Crippen molar-refractivity contribution in [3.05, 3.63) is 0 Å². The van der Waals surface area contributed by atoms with Gasteiger partial charge in [-0.2, -0.15) is 0 Å². The minimum atomic E-state index is -0.955. The molecule has 0 heterocycles. The second-order valence-electron chi connectivity index (χ2n) is 4.66. The van der Waals surface area contributed by atoms with E-state index in [1.807, 2.05) is 0 Å². The fourth-order valence-electron chi connectivity index (χ4n) is 1.71. The third-order valence-corrected chi connectivity index (χ3v) is 2.76. The summed E-state index contributed by atoms with van der Waals surface area (Å²) in [6.45, 7) is 3.93. The Morgan fingerprint density at radius 1 is 1.29 bits per heavy atom. The summed E-state index contributed by atoms with van der Waals surface area (Å²) in [4.78, 5) is 11.2. The maximum Gasteiger partial charge on any atom is 0.305 e. The summed E-state index contributed by atoms with van der Waals surface area (Å²) in [5.41, 5.74) is 0. The van der Waals surface area contributed by atoms with E-state index in [0.717, 1.165) is 25.2 Å². The highest BCUT2D eigenvalue weighted by Gasteiger charge is 2.08. The number of rotatable bonds is 10. The number of carbonyl (C=O) groups is 1. The van der Waals surface area contributed by atoms with Crippen molar-refractivity contribution < 1.29 is 19.7 Å². The first-order valence-electron chi connectivity index (χ1n) is 6.54. The van der Waals surface area contributed by atoms with E-state index in [4.69, 9.17) is 14.9 Å². The Morgan fingerprint density at radius 2 is 2.00 bits per heavy atom. The van der Waals surface area contributed by atoms with Crippen molar-refractivity contribution in [2.75, 3.05) is 13.2 Å². The summed E-state index contributed by atoms with van der Waals surface area (Å²) in [5.74, 6) is 0.438. The van der Waals surface area contributed by atoms with Gasteiger partial charge < -0.3 is 14.9 Å². The highest BCUT2D eigenvalue weighted by atomic mass is 16.5. The summed E-state index contributed by atoms with van der Waals surface area (Å²) in [6.07, 6.45) is 4.93. The molecule has 0 saturated carbocycles. The third kappa shape index (κ3) is 10.3. The van der Waals surface area contributed by atoms with E-state index in [-0.39, 0.29) is 19.2 Å². The van der Waals surface area contributed by atoms with Gasteiger partial charge in [-0.05, 0) is 12.3 Å². The van der Waals surface area contributed by atoms with Gasteiger partial charge in [-0.25, -0.2) is 0 Å². The molecule has 0 aliphatic rings. The molecule has 0 aromatic rings. The van der Waals surface area contributed by atoms with Crippen LogP contribution < -0.4 is 0 Å². The third-order valence-electron chi connectivity index (χ3n) is 2.76. The molecule has 0 aliphatic carbocycles. The van der Waals surface area contributed by atoms with Crippen molar-refractivity contribution in [3.8, 4) is 0 Å². The highest BCUT2D eigenvalue weighted by molar-refractivity contribution is 5.69. The smallest absolute Gasteiger partial charge is 0.305 e. The standard InChI is InChI=1S/C13H26O4/c1-3-6-11(2)7-4-5-8-13(16)17-10-12(15)9-14/h11-12,14-15H,3-10H2,1-2H3/t11-,12-/m1/s1. The molecule has 0 radical (unpaired) electrons. The molecule has 2 atom stereocenters. The van der Waals surface area contributed by atoms with Gasteiger partial charge in [0.15, 0.2) is 0 Å². The van der Waals surface area contributed by atoms with Gasteiger partial charge in [-0.15, -0.1) is 0 Å². The Hall–Kier alpha value is -0.610. The van der Waals surface area contributed by atoms with Crippen LogP contribution in [0.2, 0.25) is 0 Å². The fourth-order valence-corrected chi connectivity index (χ4v) is 1.71. The van der Waals surface area contributed by atoms with Crippen LogP contribution in [0.25, 0.3) is 0 Å². The van der Waals surface area contributed by atoms with Crippen molar-refractivity contribution in [2.24, 2.45) is 5.92 Å². The predicted molar refractivity (Wildman–Crippen MR) is 66.6 cm³/mol. The van der Waals surface area contributed by atoms with Crippen LogP contribution in [0.4, 0.5) is 0 Å². The number of hydrogen-bond donors (Lipinski definition) is 2. The van der Waals surface area contributed by atoms with E-state index in [1.54, 1.807) is 0 Å². The van der Waals surface area contributed by atoms with E-state index in [0.29, 0.717) is 6.42 Å². The molecule has 4 heteroatoms. The Balaban J connectivity index is 3.39. The van der Waals surface area contributed by atoms with Crippen molar-refractivity contribution in [2.45, 2.75) is 58.5 Å². The molecule has 0 saturated heterocycles. The summed E-state index contributed by atoms with van der Waals surface area (Å²) >= 11 is 0. The number of hydrogen-bond acceptors (Lipinski definition) is 4. The first-order chi connectivity index (χ1) is 8.10. The van der Waals surface area contributed by atoms with E-state index < -0.39 is 6.10 Å². The lowest BCUT2D eigenvalue weighted by molar-refractivity contribution is -0.147. The largest absolute Gasteiger partial charge is 0.463 e. The van der Waals surface area contributed by atoms with Crippen molar-refractivity contribution in [1.82, 2.24) is 0 Å². The lowest BCUT2D eigenvalue weighted by atomic mass is 9.99. The van der Waals surface area contributed by atoms with Crippen molar-refractivity contribution in [3.63, 3.8) is 0 Å². The molecule has 0 aliphatic heterocycles. The Morgan fingerprint density at radius 3 is 2.59 bits per heavy atom. The van der Waals surface area contributed by atoms with Crippen LogP contribution in [0.1, 0.15) is 52.4 Å². The topological polar surface area (TPSA) is 66.8 Å². The van der Waals surface area contributed by atoms with Gasteiger partial charge in [-0.1, -0.05) is 39.5 Å². The maximum atomic E-state index is 11.2. The van der Waals surface area contributed by atoms with E-state index in [2.05, 4.69) is 13.8 Å². The molecular formula is C13H26O4. The average molecular weight is 246 g/mol. The molecule has 0 spiro atoms. The Bertz CT molecular complexity index is 194. The number of ether oxygens (including phenoxy) is 1. The average Bonchev–Trinajstić information content (AvgIpc) is 2.32. The zero-order chi connectivity index (χ0) is 13.1. The Kier molecular flexibility index (Phi) is 10.2. The normalized spacial score (nSPS) is 14.4. The Labute approximate surface area is 104 Å². The van der Waals surface area contributed by atoms with Crippen LogP contribution in [-0.2, 0) is 9.53 Å². The molecule has 0 aromatic carbocycles. The van der Waals surface area contributed by atoms with Gasteiger partial charge in [0.1, 0.15) is 12.7 Å².